The lowest BCUT2D eigenvalue weighted by atomic mass is 10.1. The van der Waals surface area contributed by atoms with Crippen LogP contribution in [-0.2, 0) is 12.8 Å². The number of hydrogen-bond acceptors (Lipinski definition) is 7. The van der Waals surface area contributed by atoms with Gasteiger partial charge in [-0.2, -0.15) is 0 Å². The molecule has 0 saturated carbocycles. The Kier molecular flexibility index (Phi) is 4.82. The first-order valence-electron chi connectivity index (χ1n) is 7.58. The van der Waals surface area contributed by atoms with E-state index in [0.717, 1.165) is 22.1 Å². The minimum Gasteiger partial charge on any atom is -0.395 e. The summed E-state index contributed by atoms with van der Waals surface area (Å²) in [6, 6.07) is 0. The number of fused-ring (bicyclic) bond motifs is 1. The number of nitrogens with one attached hydrogen (secondary N) is 1. The molecule has 0 unspecified atom stereocenters. The van der Waals surface area contributed by atoms with Crippen LogP contribution >= 0.6 is 11.3 Å². The average molecular weight is 333 g/mol. The predicted octanol–water partition coefficient (Wildman–Crippen LogP) is 0.887. The minimum absolute atomic E-state index is 0.0278. The summed E-state index contributed by atoms with van der Waals surface area (Å²) in [5.41, 5.74) is 2.51. The van der Waals surface area contributed by atoms with Crippen LogP contribution < -0.4 is 5.32 Å². The molecule has 2 aromatic rings. The topological polar surface area (TPSA) is 91.2 Å². The molecule has 0 fully saturated rings. The fraction of sp³-hybridized carbons (Fsp3) is 0.467. The van der Waals surface area contributed by atoms with E-state index in [0.29, 0.717) is 38.2 Å². The van der Waals surface area contributed by atoms with Crippen LogP contribution in [0, 0.1) is 6.92 Å². The van der Waals surface area contributed by atoms with Crippen molar-refractivity contribution >= 4 is 23.1 Å². The van der Waals surface area contributed by atoms with Gasteiger partial charge in [0.15, 0.2) is 0 Å². The second-order valence-corrected chi connectivity index (χ2v) is 6.40. The fourth-order valence-corrected chi connectivity index (χ4v) is 3.27. The Morgan fingerprint density at radius 2 is 2.22 bits per heavy atom. The Hall–Kier alpha value is -2.06. The Bertz CT molecular complexity index is 703. The van der Waals surface area contributed by atoms with Crippen molar-refractivity contribution in [1.82, 2.24) is 19.9 Å². The summed E-state index contributed by atoms with van der Waals surface area (Å²) in [5.74, 6) is 0.725. The third-order valence-electron chi connectivity index (χ3n) is 3.81. The van der Waals surface area contributed by atoms with E-state index in [1.165, 1.54) is 17.7 Å². The Morgan fingerprint density at radius 1 is 1.39 bits per heavy atom. The molecule has 1 aliphatic heterocycles. The highest BCUT2D eigenvalue weighted by atomic mass is 32.1. The molecule has 0 radical (unpaired) electrons. The molecular formula is C15H19N5O2S. The van der Waals surface area contributed by atoms with E-state index < -0.39 is 0 Å². The summed E-state index contributed by atoms with van der Waals surface area (Å²) in [6.45, 7) is 3.63. The maximum Gasteiger partial charge on any atom is 0.273 e. The number of rotatable bonds is 4. The second kappa shape index (κ2) is 7.01. The van der Waals surface area contributed by atoms with Crippen LogP contribution in [0.4, 0.5) is 5.82 Å². The molecule has 1 aliphatic rings. The Morgan fingerprint density at radius 3 is 2.96 bits per heavy atom. The standard InChI is InChI=1S/C15H19N5O2S/c1-10-19-13(8-23-10)15(22)20-5-2-11-12(3-6-20)17-9-18-14(11)16-4-7-21/h8-9,21H,2-7H2,1H3,(H,16,17,18). The van der Waals surface area contributed by atoms with Gasteiger partial charge < -0.3 is 15.3 Å². The number of aromatic nitrogens is 3. The van der Waals surface area contributed by atoms with Gasteiger partial charge in [0, 0.05) is 37.0 Å². The highest BCUT2D eigenvalue weighted by Crippen LogP contribution is 2.21. The van der Waals surface area contributed by atoms with Crippen molar-refractivity contribution < 1.29 is 9.90 Å². The number of carbonyl (C=O) groups excluding carboxylic acids is 1. The highest BCUT2D eigenvalue weighted by molar-refractivity contribution is 7.09. The maximum atomic E-state index is 12.6. The Balaban J connectivity index is 1.76. The minimum atomic E-state index is -0.0278. The molecule has 0 atom stereocenters. The molecular weight excluding hydrogens is 314 g/mol. The first kappa shape index (κ1) is 15.8. The van der Waals surface area contributed by atoms with Gasteiger partial charge in [0.05, 0.1) is 17.3 Å². The maximum absolute atomic E-state index is 12.6. The third-order valence-corrected chi connectivity index (χ3v) is 4.59. The molecule has 0 aliphatic carbocycles. The van der Waals surface area contributed by atoms with E-state index in [1.54, 1.807) is 0 Å². The van der Waals surface area contributed by atoms with Gasteiger partial charge >= 0.3 is 0 Å². The van der Waals surface area contributed by atoms with Crippen molar-refractivity contribution in [3.8, 4) is 0 Å². The second-order valence-electron chi connectivity index (χ2n) is 5.34. The number of nitrogens with zero attached hydrogens (tertiary/aromatic N) is 4. The number of aryl methyl sites for hydroxylation is 1. The molecule has 23 heavy (non-hydrogen) atoms. The summed E-state index contributed by atoms with van der Waals surface area (Å²) in [5, 5.41) is 14.8. The summed E-state index contributed by atoms with van der Waals surface area (Å²) >= 11 is 1.49. The highest BCUT2D eigenvalue weighted by Gasteiger charge is 2.23. The molecule has 7 nitrogen and oxygen atoms in total. The van der Waals surface area contributed by atoms with E-state index in [1.807, 2.05) is 17.2 Å². The molecule has 8 heteroatoms. The molecule has 3 heterocycles. The van der Waals surface area contributed by atoms with Gasteiger partial charge in [-0.3, -0.25) is 4.79 Å². The lowest BCUT2D eigenvalue weighted by molar-refractivity contribution is 0.0757. The zero-order valence-corrected chi connectivity index (χ0v) is 13.8. The van der Waals surface area contributed by atoms with Crippen LogP contribution in [-0.4, -0.2) is 57.1 Å². The summed E-state index contributed by atoms with van der Waals surface area (Å²) in [7, 11) is 0. The van der Waals surface area contributed by atoms with Crippen LogP contribution in [0.3, 0.4) is 0 Å². The number of aliphatic hydroxyl groups excluding tert-OH is 1. The average Bonchev–Trinajstić information content (AvgIpc) is 2.87. The van der Waals surface area contributed by atoms with Crippen molar-refractivity contribution in [2.45, 2.75) is 19.8 Å². The number of aliphatic hydroxyl groups is 1. The van der Waals surface area contributed by atoms with Crippen LogP contribution in [0.5, 0.6) is 0 Å². The van der Waals surface area contributed by atoms with Gasteiger partial charge in [-0.05, 0) is 13.3 Å². The van der Waals surface area contributed by atoms with Gasteiger partial charge in [-0.25, -0.2) is 15.0 Å². The molecule has 122 valence electrons. The van der Waals surface area contributed by atoms with E-state index in [2.05, 4.69) is 20.3 Å². The van der Waals surface area contributed by atoms with Gasteiger partial charge in [-0.15, -0.1) is 11.3 Å². The predicted molar refractivity (Wildman–Crippen MR) is 87.8 cm³/mol. The molecule has 0 bridgehead atoms. The zero-order chi connectivity index (χ0) is 16.2. The Labute approximate surface area is 138 Å². The number of hydrogen-bond donors (Lipinski definition) is 2. The van der Waals surface area contributed by atoms with Crippen LogP contribution in [0.25, 0.3) is 0 Å². The van der Waals surface area contributed by atoms with Crippen molar-refractivity contribution in [2.24, 2.45) is 0 Å². The number of amides is 1. The molecule has 3 rings (SSSR count). The van der Waals surface area contributed by atoms with Crippen molar-refractivity contribution in [1.29, 1.82) is 0 Å². The molecule has 0 saturated heterocycles. The number of anilines is 1. The van der Waals surface area contributed by atoms with E-state index >= 15 is 0 Å². The summed E-state index contributed by atoms with van der Waals surface area (Å²) in [6.07, 6.45) is 2.92. The van der Waals surface area contributed by atoms with Gasteiger partial charge in [0.2, 0.25) is 0 Å². The van der Waals surface area contributed by atoms with Crippen molar-refractivity contribution in [3.05, 3.63) is 33.7 Å². The van der Waals surface area contributed by atoms with Gasteiger partial charge in [0.25, 0.3) is 5.91 Å². The first-order valence-corrected chi connectivity index (χ1v) is 8.46. The SMILES string of the molecule is Cc1nc(C(=O)N2CCc3ncnc(NCCO)c3CC2)cs1. The van der Waals surface area contributed by atoms with Gasteiger partial charge in [-0.1, -0.05) is 0 Å². The van der Waals surface area contributed by atoms with E-state index in [9.17, 15) is 4.79 Å². The largest absolute Gasteiger partial charge is 0.395 e. The number of carbonyl (C=O) groups is 1. The van der Waals surface area contributed by atoms with Crippen LogP contribution in [0.1, 0.15) is 26.8 Å². The van der Waals surface area contributed by atoms with Crippen molar-refractivity contribution in [3.63, 3.8) is 0 Å². The molecule has 1 amide bonds. The van der Waals surface area contributed by atoms with Crippen LogP contribution in [0.2, 0.25) is 0 Å². The summed E-state index contributed by atoms with van der Waals surface area (Å²) in [4.78, 5) is 27.3. The smallest absolute Gasteiger partial charge is 0.273 e. The lowest BCUT2D eigenvalue weighted by Crippen LogP contribution is -2.33. The first-order chi connectivity index (χ1) is 11.2. The summed E-state index contributed by atoms with van der Waals surface area (Å²) < 4.78 is 0. The molecule has 0 aromatic carbocycles. The molecule has 0 spiro atoms. The van der Waals surface area contributed by atoms with Gasteiger partial charge in [0.1, 0.15) is 17.8 Å². The van der Waals surface area contributed by atoms with Crippen LogP contribution in [0.15, 0.2) is 11.7 Å². The molecule has 2 N–H and O–H groups in total. The van der Waals surface area contributed by atoms with E-state index in [4.69, 9.17) is 5.11 Å². The quantitative estimate of drug-likeness (QED) is 0.863. The third kappa shape index (κ3) is 3.48. The fourth-order valence-electron chi connectivity index (χ4n) is 2.68. The zero-order valence-electron chi connectivity index (χ0n) is 12.9. The molecule has 2 aromatic heterocycles. The number of thiazole rings is 1. The lowest BCUT2D eigenvalue weighted by Gasteiger charge is -2.18. The monoisotopic (exact) mass is 333 g/mol. The normalized spacial score (nSPS) is 14.3. The van der Waals surface area contributed by atoms with Crippen molar-refractivity contribution in [2.75, 3.05) is 31.6 Å². The van der Waals surface area contributed by atoms with E-state index in [-0.39, 0.29) is 12.5 Å².